The summed E-state index contributed by atoms with van der Waals surface area (Å²) >= 11 is 0. The smallest absolute Gasteiger partial charge is 0.123 e. The Morgan fingerprint density at radius 1 is 1.35 bits per heavy atom. The van der Waals surface area contributed by atoms with Crippen molar-refractivity contribution in [3.8, 4) is 6.07 Å². The molecule has 1 aromatic rings. The lowest BCUT2D eigenvalue weighted by atomic mass is 9.97. The molecule has 0 aliphatic carbocycles. The van der Waals surface area contributed by atoms with Gasteiger partial charge in [0.1, 0.15) is 5.82 Å². The van der Waals surface area contributed by atoms with Gasteiger partial charge in [0.25, 0.3) is 0 Å². The van der Waals surface area contributed by atoms with Gasteiger partial charge in [0.2, 0.25) is 0 Å². The average molecular weight is 278 g/mol. The standard InChI is InChI=1S/C16H23FN2O/c1-4-16(2,3)19(11-5-10-18)12-15(20)13-6-8-14(17)9-7-13/h6-9,15,20H,4-5,11-12H2,1-3H3. The molecule has 0 amide bonds. The molecule has 20 heavy (non-hydrogen) atoms. The molecule has 4 heteroatoms. The van der Waals surface area contributed by atoms with E-state index in [4.69, 9.17) is 5.26 Å². The highest BCUT2D eigenvalue weighted by atomic mass is 19.1. The molecule has 110 valence electrons. The topological polar surface area (TPSA) is 47.3 Å². The molecule has 1 atom stereocenters. The van der Waals surface area contributed by atoms with Gasteiger partial charge < -0.3 is 5.11 Å². The summed E-state index contributed by atoms with van der Waals surface area (Å²) in [5, 5.41) is 19.0. The Bertz CT molecular complexity index is 451. The lowest BCUT2D eigenvalue weighted by molar-refractivity contribution is 0.0492. The van der Waals surface area contributed by atoms with Crippen LogP contribution in [-0.2, 0) is 0 Å². The number of benzene rings is 1. The van der Waals surface area contributed by atoms with Crippen molar-refractivity contribution in [2.24, 2.45) is 0 Å². The molecule has 1 N–H and O–H groups in total. The highest BCUT2D eigenvalue weighted by Gasteiger charge is 2.26. The quantitative estimate of drug-likeness (QED) is 0.832. The predicted octanol–water partition coefficient (Wildman–Crippen LogP) is 3.26. The number of hydrogen-bond donors (Lipinski definition) is 1. The molecule has 0 spiro atoms. The Morgan fingerprint density at radius 2 is 1.95 bits per heavy atom. The van der Waals surface area contributed by atoms with E-state index in [9.17, 15) is 9.50 Å². The first kappa shape index (κ1) is 16.6. The van der Waals surface area contributed by atoms with Crippen LogP contribution in [0.4, 0.5) is 4.39 Å². The van der Waals surface area contributed by atoms with E-state index in [2.05, 4.69) is 31.7 Å². The Morgan fingerprint density at radius 3 is 2.45 bits per heavy atom. The van der Waals surface area contributed by atoms with Crippen LogP contribution in [-0.4, -0.2) is 28.6 Å². The Hall–Kier alpha value is -1.44. The van der Waals surface area contributed by atoms with Gasteiger partial charge in [0, 0.05) is 25.0 Å². The number of nitrogens with zero attached hydrogens (tertiary/aromatic N) is 2. The Labute approximate surface area is 120 Å². The van der Waals surface area contributed by atoms with E-state index in [0.717, 1.165) is 6.42 Å². The van der Waals surface area contributed by atoms with Gasteiger partial charge in [-0.3, -0.25) is 4.90 Å². The van der Waals surface area contributed by atoms with Crippen molar-refractivity contribution in [3.63, 3.8) is 0 Å². The lowest BCUT2D eigenvalue weighted by Crippen LogP contribution is -2.46. The molecule has 0 saturated carbocycles. The maximum atomic E-state index is 12.9. The van der Waals surface area contributed by atoms with Crippen molar-refractivity contribution >= 4 is 0 Å². The van der Waals surface area contributed by atoms with Crippen molar-refractivity contribution in [3.05, 3.63) is 35.6 Å². The third-order valence-corrected chi connectivity index (χ3v) is 3.86. The number of aliphatic hydroxyl groups excluding tert-OH is 1. The van der Waals surface area contributed by atoms with Gasteiger partial charge >= 0.3 is 0 Å². The van der Waals surface area contributed by atoms with Crippen molar-refractivity contribution in [1.29, 1.82) is 5.26 Å². The molecule has 1 aromatic carbocycles. The van der Waals surface area contributed by atoms with Crippen LogP contribution in [0.25, 0.3) is 0 Å². The number of β-amino-alcohol motifs (C(OH)–C–C–N with tert-alkyl or cyclic N) is 1. The molecular formula is C16H23FN2O. The second-order valence-electron chi connectivity index (χ2n) is 5.59. The van der Waals surface area contributed by atoms with Crippen LogP contribution in [0, 0.1) is 17.1 Å². The number of hydrogen-bond acceptors (Lipinski definition) is 3. The number of aliphatic hydroxyl groups is 1. The van der Waals surface area contributed by atoms with Crippen LogP contribution in [0.1, 0.15) is 45.3 Å². The predicted molar refractivity (Wildman–Crippen MR) is 77.5 cm³/mol. The summed E-state index contributed by atoms with van der Waals surface area (Å²) in [6.45, 7) is 7.34. The highest BCUT2D eigenvalue weighted by molar-refractivity contribution is 5.18. The van der Waals surface area contributed by atoms with Crippen LogP contribution in [0.2, 0.25) is 0 Å². The minimum absolute atomic E-state index is 0.0855. The van der Waals surface area contributed by atoms with Crippen molar-refractivity contribution in [2.45, 2.75) is 45.3 Å². The van der Waals surface area contributed by atoms with Crippen molar-refractivity contribution in [2.75, 3.05) is 13.1 Å². The molecule has 0 heterocycles. The molecule has 0 aliphatic rings. The van der Waals surface area contributed by atoms with Crippen LogP contribution < -0.4 is 0 Å². The average Bonchev–Trinajstić information content (AvgIpc) is 2.43. The Kier molecular flexibility index (Phi) is 6.12. The van der Waals surface area contributed by atoms with Crippen LogP contribution in [0.5, 0.6) is 0 Å². The molecular weight excluding hydrogens is 255 g/mol. The van der Waals surface area contributed by atoms with Gasteiger partial charge in [-0.15, -0.1) is 0 Å². The summed E-state index contributed by atoms with van der Waals surface area (Å²) in [5.41, 5.74) is 0.609. The fourth-order valence-electron chi connectivity index (χ4n) is 2.05. The fourth-order valence-corrected chi connectivity index (χ4v) is 2.05. The Balaban J connectivity index is 2.78. The molecule has 3 nitrogen and oxygen atoms in total. The number of halogens is 1. The minimum Gasteiger partial charge on any atom is -0.387 e. The zero-order chi connectivity index (χ0) is 15.2. The van der Waals surface area contributed by atoms with E-state index >= 15 is 0 Å². The molecule has 0 saturated heterocycles. The lowest BCUT2D eigenvalue weighted by Gasteiger charge is -2.39. The van der Waals surface area contributed by atoms with Gasteiger partial charge in [-0.2, -0.15) is 5.26 Å². The summed E-state index contributed by atoms with van der Waals surface area (Å²) in [5.74, 6) is -0.309. The van der Waals surface area contributed by atoms with E-state index in [1.54, 1.807) is 12.1 Å². The van der Waals surface area contributed by atoms with E-state index in [1.165, 1.54) is 12.1 Å². The number of nitriles is 1. The fraction of sp³-hybridized carbons (Fsp3) is 0.562. The maximum absolute atomic E-state index is 12.9. The molecule has 0 bridgehead atoms. The van der Waals surface area contributed by atoms with Crippen LogP contribution in [0.3, 0.4) is 0 Å². The molecule has 0 aliphatic heterocycles. The maximum Gasteiger partial charge on any atom is 0.123 e. The minimum atomic E-state index is -0.680. The SMILES string of the molecule is CCC(C)(C)N(CCC#N)CC(O)c1ccc(F)cc1. The first-order valence-electron chi connectivity index (χ1n) is 6.96. The summed E-state index contributed by atoms with van der Waals surface area (Å²) in [6, 6.07) is 8.04. The zero-order valence-corrected chi connectivity index (χ0v) is 12.4. The first-order chi connectivity index (χ1) is 9.40. The summed E-state index contributed by atoms with van der Waals surface area (Å²) in [4.78, 5) is 2.12. The number of rotatable bonds is 7. The van der Waals surface area contributed by atoms with Gasteiger partial charge in [0.05, 0.1) is 12.2 Å². The third-order valence-electron chi connectivity index (χ3n) is 3.86. The summed E-state index contributed by atoms with van der Waals surface area (Å²) in [6.07, 6.45) is 0.675. The largest absolute Gasteiger partial charge is 0.387 e. The van der Waals surface area contributed by atoms with E-state index in [1.807, 2.05) is 0 Å². The van der Waals surface area contributed by atoms with E-state index in [0.29, 0.717) is 25.1 Å². The molecule has 0 fully saturated rings. The highest BCUT2D eigenvalue weighted by Crippen LogP contribution is 2.23. The van der Waals surface area contributed by atoms with Gasteiger partial charge in [-0.05, 0) is 38.0 Å². The van der Waals surface area contributed by atoms with Gasteiger partial charge in [-0.1, -0.05) is 19.1 Å². The van der Waals surface area contributed by atoms with E-state index in [-0.39, 0.29) is 11.4 Å². The molecule has 0 aromatic heterocycles. The first-order valence-corrected chi connectivity index (χ1v) is 6.96. The second kappa shape index (κ2) is 7.37. The molecule has 1 unspecified atom stereocenters. The zero-order valence-electron chi connectivity index (χ0n) is 12.4. The van der Waals surface area contributed by atoms with Crippen molar-refractivity contribution in [1.82, 2.24) is 4.90 Å². The van der Waals surface area contributed by atoms with Gasteiger partial charge in [0.15, 0.2) is 0 Å². The summed E-state index contributed by atoms with van der Waals surface area (Å²) in [7, 11) is 0. The van der Waals surface area contributed by atoms with Crippen LogP contribution in [0.15, 0.2) is 24.3 Å². The van der Waals surface area contributed by atoms with Crippen LogP contribution >= 0.6 is 0 Å². The van der Waals surface area contributed by atoms with E-state index < -0.39 is 6.10 Å². The normalized spacial score (nSPS) is 13.2. The summed E-state index contributed by atoms with van der Waals surface area (Å²) < 4.78 is 12.9. The van der Waals surface area contributed by atoms with Gasteiger partial charge in [-0.25, -0.2) is 4.39 Å². The third kappa shape index (κ3) is 4.59. The van der Waals surface area contributed by atoms with Crippen molar-refractivity contribution < 1.29 is 9.50 Å². The second-order valence-corrected chi connectivity index (χ2v) is 5.59. The monoisotopic (exact) mass is 278 g/mol. The molecule has 1 rings (SSSR count). The molecule has 0 radical (unpaired) electrons.